The number of rotatable bonds is 1. The Morgan fingerprint density at radius 2 is 2.06 bits per heavy atom. The molecule has 0 spiro atoms. The van der Waals surface area contributed by atoms with Gasteiger partial charge in [-0.15, -0.1) is 0 Å². The number of benzene rings is 1. The molecule has 16 heavy (non-hydrogen) atoms. The van der Waals surface area contributed by atoms with E-state index in [1.807, 2.05) is 19.1 Å². The van der Waals surface area contributed by atoms with Crippen molar-refractivity contribution in [2.24, 2.45) is 5.92 Å². The van der Waals surface area contributed by atoms with Crippen LogP contribution in [0.3, 0.4) is 0 Å². The second kappa shape index (κ2) is 4.76. The van der Waals surface area contributed by atoms with E-state index in [0.717, 1.165) is 36.5 Å². The maximum Gasteiger partial charge on any atom is 0.0657 e. The van der Waals surface area contributed by atoms with Crippen LogP contribution in [0.25, 0.3) is 0 Å². The molecule has 3 heteroatoms. The first-order chi connectivity index (χ1) is 7.70. The summed E-state index contributed by atoms with van der Waals surface area (Å²) in [6, 6.07) is 8.52. The van der Waals surface area contributed by atoms with E-state index in [9.17, 15) is 0 Å². The molecule has 1 aliphatic rings. The summed E-state index contributed by atoms with van der Waals surface area (Å²) in [6.07, 6.45) is 1.92. The number of anilines is 1. The minimum Gasteiger partial charge on any atom is -0.371 e. The van der Waals surface area contributed by atoms with Crippen molar-refractivity contribution < 1.29 is 0 Å². The Hall–Kier alpha value is -1.20. The Labute approximate surface area is 101 Å². The van der Waals surface area contributed by atoms with Gasteiger partial charge in [0.15, 0.2) is 0 Å². The van der Waals surface area contributed by atoms with Gasteiger partial charge in [0, 0.05) is 29.7 Å². The van der Waals surface area contributed by atoms with E-state index < -0.39 is 0 Å². The molecule has 0 unspecified atom stereocenters. The summed E-state index contributed by atoms with van der Waals surface area (Å²) in [5.41, 5.74) is 2.28. The van der Waals surface area contributed by atoms with E-state index in [0.29, 0.717) is 0 Å². The summed E-state index contributed by atoms with van der Waals surface area (Å²) >= 11 is 6.11. The molecule has 1 aromatic rings. The van der Waals surface area contributed by atoms with Gasteiger partial charge in [0.2, 0.25) is 0 Å². The zero-order chi connectivity index (χ0) is 11.5. The smallest absolute Gasteiger partial charge is 0.0657 e. The van der Waals surface area contributed by atoms with E-state index in [1.165, 1.54) is 5.69 Å². The van der Waals surface area contributed by atoms with Crippen LogP contribution >= 0.6 is 11.6 Å². The minimum absolute atomic E-state index is 0.233. The van der Waals surface area contributed by atoms with Crippen LogP contribution < -0.4 is 4.90 Å². The lowest BCUT2D eigenvalue weighted by atomic mass is 9.98. The predicted molar refractivity (Wildman–Crippen MR) is 66.7 cm³/mol. The number of piperidine rings is 1. The van der Waals surface area contributed by atoms with Gasteiger partial charge in [0.05, 0.1) is 6.07 Å². The monoisotopic (exact) mass is 234 g/mol. The van der Waals surface area contributed by atoms with E-state index in [2.05, 4.69) is 17.0 Å². The van der Waals surface area contributed by atoms with Crippen molar-refractivity contribution in [3.05, 3.63) is 28.8 Å². The molecule has 2 rings (SSSR count). The molecule has 84 valence electrons. The van der Waals surface area contributed by atoms with Gasteiger partial charge >= 0.3 is 0 Å². The van der Waals surface area contributed by atoms with Crippen LogP contribution in [0.15, 0.2) is 18.2 Å². The van der Waals surface area contributed by atoms with Gasteiger partial charge in [-0.25, -0.2) is 0 Å². The summed E-state index contributed by atoms with van der Waals surface area (Å²) < 4.78 is 0. The second-order valence-corrected chi connectivity index (χ2v) is 4.73. The van der Waals surface area contributed by atoms with Crippen molar-refractivity contribution in [1.29, 1.82) is 5.26 Å². The zero-order valence-corrected chi connectivity index (χ0v) is 10.2. The number of nitrogens with zero attached hydrogens (tertiary/aromatic N) is 2. The fourth-order valence-electron chi connectivity index (χ4n) is 2.05. The van der Waals surface area contributed by atoms with E-state index in [4.69, 9.17) is 16.9 Å². The third-order valence-electron chi connectivity index (χ3n) is 3.20. The molecule has 0 atom stereocenters. The van der Waals surface area contributed by atoms with Crippen molar-refractivity contribution in [2.45, 2.75) is 19.8 Å². The van der Waals surface area contributed by atoms with Crippen LogP contribution in [0.2, 0.25) is 5.02 Å². The summed E-state index contributed by atoms with van der Waals surface area (Å²) in [5, 5.41) is 9.66. The van der Waals surface area contributed by atoms with Gasteiger partial charge in [0.1, 0.15) is 0 Å². The van der Waals surface area contributed by atoms with E-state index >= 15 is 0 Å². The highest BCUT2D eigenvalue weighted by molar-refractivity contribution is 6.31. The van der Waals surface area contributed by atoms with Crippen molar-refractivity contribution in [3.63, 3.8) is 0 Å². The lowest BCUT2D eigenvalue weighted by Crippen LogP contribution is -2.33. The van der Waals surface area contributed by atoms with Gasteiger partial charge in [0.25, 0.3) is 0 Å². The SMILES string of the molecule is Cc1ccc(N2CCC(C#N)CC2)cc1Cl. The molecule has 0 aromatic heterocycles. The summed E-state index contributed by atoms with van der Waals surface area (Å²) in [5.74, 6) is 0.233. The van der Waals surface area contributed by atoms with Gasteiger partial charge in [-0.05, 0) is 37.5 Å². The fraction of sp³-hybridized carbons (Fsp3) is 0.462. The molecule has 0 saturated carbocycles. The summed E-state index contributed by atoms with van der Waals surface area (Å²) in [4.78, 5) is 2.30. The first-order valence-corrected chi connectivity index (χ1v) is 5.99. The second-order valence-electron chi connectivity index (χ2n) is 4.32. The largest absolute Gasteiger partial charge is 0.371 e. The highest BCUT2D eigenvalue weighted by Gasteiger charge is 2.18. The van der Waals surface area contributed by atoms with Gasteiger partial charge in [-0.3, -0.25) is 0 Å². The van der Waals surface area contributed by atoms with Crippen molar-refractivity contribution in [2.75, 3.05) is 18.0 Å². The molecule has 0 bridgehead atoms. The zero-order valence-electron chi connectivity index (χ0n) is 9.41. The molecule has 2 nitrogen and oxygen atoms in total. The van der Waals surface area contributed by atoms with Crippen LogP contribution in [0, 0.1) is 24.2 Å². The molecule has 1 saturated heterocycles. The highest BCUT2D eigenvalue weighted by atomic mass is 35.5. The standard InChI is InChI=1S/C13H15ClN2/c1-10-2-3-12(8-13(10)14)16-6-4-11(9-15)5-7-16/h2-3,8,11H,4-7H2,1H3. The van der Waals surface area contributed by atoms with E-state index in [-0.39, 0.29) is 5.92 Å². The Morgan fingerprint density at radius 3 is 2.62 bits per heavy atom. The van der Waals surface area contributed by atoms with Crippen molar-refractivity contribution in [3.8, 4) is 6.07 Å². The summed E-state index contributed by atoms with van der Waals surface area (Å²) in [7, 11) is 0. The number of aryl methyl sites for hydroxylation is 1. The fourth-order valence-corrected chi connectivity index (χ4v) is 2.22. The number of halogens is 1. The first-order valence-electron chi connectivity index (χ1n) is 5.61. The average Bonchev–Trinajstić information content (AvgIpc) is 2.33. The first kappa shape index (κ1) is 11.3. The molecule has 0 N–H and O–H groups in total. The number of hydrogen-bond acceptors (Lipinski definition) is 2. The average molecular weight is 235 g/mol. The Morgan fingerprint density at radius 1 is 1.38 bits per heavy atom. The van der Waals surface area contributed by atoms with Gasteiger partial charge in [-0.1, -0.05) is 17.7 Å². The molecule has 1 aromatic carbocycles. The maximum atomic E-state index is 8.84. The molecule has 0 amide bonds. The lowest BCUT2D eigenvalue weighted by Gasteiger charge is -2.31. The molecule has 1 aliphatic heterocycles. The van der Waals surface area contributed by atoms with Crippen LogP contribution in [0.1, 0.15) is 18.4 Å². The summed E-state index contributed by atoms with van der Waals surface area (Å²) in [6.45, 7) is 3.92. The third kappa shape index (κ3) is 2.31. The van der Waals surface area contributed by atoms with E-state index in [1.54, 1.807) is 0 Å². The number of nitriles is 1. The predicted octanol–water partition coefficient (Wildman–Crippen LogP) is 3.39. The van der Waals surface area contributed by atoms with Crippen LogP contribution in [-0.4, -0.2) is 13.1 Å². The van der Waals surface area contributed by atoms with Crippen molar-refractivity contribution in [1.82, 2.24) is 0 Å². The molecule has 1 heterocycles. The highest BCUT2D eigenvalue weighted by Crippen LogP contribution is 2.26. The lowest BCUT2D eigenvalue weighted by molar-refractivity contribution is 0.488. The molecular weight excluding hydrogens is 220 g/mol. The quantitative estimate of drug-likeness (QED) is 0.745. The van der Waals surface area contributed by atoms with Gasteiger partial charge < -0.3 is 4.90 Å². The van der Waals surface area contributed by atoms with Crippen LogP contribution in [0.4, 0.5) is 5.69 Å². The Kier molecular flexibility index (Phi) is 3.36. The molecule has 1 fully saturated rings. The van der Waals surface area contributed by atoms with Crippen LogP contribution in [-0.2, 0) is 0 Å². The Balaban J connectivity index is 2.09. The maximum absolute atomic E-state index is 8.84. The number of hydrogen-bond donors (Lipinski definition) is 0. The molecular formula is C13H15ClN2. The minimum atomic E-state index is 0.233. The van der Waals surface area contributed by atoms with Gasteiger partial charge in [-0.2, -0.15) is 5.26 Å². The third-order valence-corrected chi connectivity index (χ3v) is 3.61. The Bertz CT molecular complexity index is 414. The molecule has 0 radical (unpaired) electrons. The van der Waals surface area contributed by atoms with Crippen LogP contribution in [0.5, 0.6) is 0 Å². The van der Waals surface area contributed by atoms with Crippen molar-refractivity contribution >= 4 is 17.3 Å². The normalized spacial score (nSPS) is 17.2. The topological polar surface area (TPSA) is 27.0 Å². The molecule has 0 aliphatic carbocycles.